The topological polar surface area (TPSA) is 36.9 Å². The standard InChI is InChI=1S/C12H18O4Si/c1-10(2)11-6-8-12(9-7-11)16-17(13-3,14-4)15-5/h6-9H,1H2,2-5H3. The molecule has 0 heterocycles. The Kier molecular flexibility index (Phi) is 4.89. The molecule has 1 aromatic rings. The van der Waals surface area contributed by atoms with Crippen molar-refractivity contribution in [3.8, 4) is 5.75 Å². The molecule has 0 saturated carbocycles. The Hall–Kier alpha value is -1.14. The second kappa shape index (κ2) is 5.97. The summed E-state index contributed by atoms with van der Waals surface area (Å²) in [6.45, 7) is 5.82. The fourth-order valence-corrected chi connectivity index (χ4v) is 2.50. The maximum absolute atomic E-state index is 5.63. The van der Waals surface area contributed by atoms with Crippen molar-refractivity contribution in [2.75, 3.05) is 21.3 Å². The first-order chi connectivity index (χ1) is 8.06. The smallest absolute Gasteiger partial charge is 0.480 e. The summed E-state index contributed by atoms with van der Waals surface area (Å²) in [6, 6.07) is 7.53. The Balaban J connectivity index is 2.84. The Labute approximate surface area is 103 Å². The molecule has 0 radical (unpaired) electrons. The number of benzene rings is 1. The molecule has 0 amide bonds. The van der Waals surface area contributed by atoms with Crippen molar-refractivity contribution < 1.29 is 17.7 Å². The van der Waals surface area contributed by atoms with E-state index in [0.717, 1.165) is 11.1 Å². The minimum atomic E-state index is -3.03. The van der Waals surface area contributed by atoms with E-state index in [4.69, 9.17) is 17.7 Å². The molecular weight excluding hydrogens is 236 g/mol. The van der Waals surface area contributed by atoms with Gasteiger partial charge >= 0.3 is 9.05 Å². The van der Waals surface area contributed by atoms with Crippen LogP contribution in [0.25, 0.3) is 5.57 Å². The second-order valence-electron chi connectivity index (χ2n) is 3.52. The summed E-state index contributed by atoms with van der Waals surface area (Å²) >= 11 is 0. The summed E-state index contributed by atoms with van der Waals surface area (Å²) in [7, 11) is 1.48. The van der Waals surface area contributed by atoms with Gasteiger partial charge in [0.15, 0.2) is 0 Å². The molecule has 0 N–H and O–H groups in total. The van der Waals surface area contributed by atoms with Gasteiger partial charge in [0.1, 0.15) is 5.75 Å². The number of allylic oxidation sites excluding steroid dienone is 1. The lowest BCUT2D eigenvalue weighted by molar-refractivity contribution is 0.0510. The molecule has 0 spiro atoms. The molecule has 5 heteroatoms. The molecule has 4 nitrogen and oxygen atoms in total. The summed E-state index contributed by atoms with van der Waals surface area (Å²) in [6.07, 6.45) is 0. The van der Waals surface area contributed by atoms with Gasteiger partial charge in [-0.1, -0.05) is 24.3 Å². The van der Waals surface area contributed by atoms with E-state index in [0.29, 0.717) is 5.75 Å². The SMILES string of the molecule is C=C(C)c1ccc(O[Si](OC)(OC)OC)cc1. The van der Waals surface area contributed by atoms with Crippen molar-refractivity contribution in [3.63, 3.8) is 0 Å². The molecule has 0 aromatic heterocycles. The summed E-state index contributed by atoms with van der Waals surface area (Å²) in [5.41, 5.74) is 2.07. The highest BCUT2D eigenvalue weighted by molar-refractivity contribution is 6.54. The average molecular weight is 254 g/mol. The molecular formula is C12H18O4Si. The summed E-state index contributed by atoms with van der Waals surface area (Å²) < 4.78 is 21.1. The van der Waals surface area contributed by atoms with Gasteiger partial charge in [0.2, 0.25) is 0 Å². The highest BCUT2D eigenvalue weighted by Crippen LogP contribution is 2.20. The first-order valence-corrected chi connectivity index (χ1v) is 6.80. The van der Waals surface area contributed by atoms with Crippen LogP contribution in [0, 0.1) is 0 Å². The second-order valence-corrected chi connectivity index (χ2v) is 5.95. The largest absolute Gasteiger partial charge is 0.748 e. The van der Waals surface area contributed by atoms with Crippen LogP contribution in [-0.4, -0.2) is 30.4 Å². The van der Waals surface area contributed by atoms with E-state index in [-0.39, 0.29) is 0 Å². The van der Waals surface area contributed by atoms with Crippen molar-refractivity contribution >= 4 is 14.6 Å². The number of hydrogen-bond acceptors (Lipinski definition) is 4. The van der Waals surface area contributed by atoms with Crippen molar-refractivity contribution in [2.45, 2.75) is 6.92 Å². The van der Waals surface area contributed by atoms with E-state index in [1.807, 2.05) is 31.2 Å². The van der Waals surface area contributed by atoms with Gasteiger partial charge in [-0.25, -0.2) is 0 Å². The summed E-state index contributed by atoms with van der Waals surface area (Å²) in [5.74, 6) is 0.646. The minimum absolute atomic E-state index is 0.646. The molecule has 0 aliphatic heterocycles. The molecule has 0 atom stereocenters. The Morgan fingerprint density at radius 2 is 1.47 bits per heavy atom. The Morgan fingerprint density at radius 1 is 1.00 bits per heavy atom. The van der Waals surface area contributed by atoms with Gasteiger partial charge in [-0.3, -0.25) is 0 Å². The van der Waals surface area contributed by atoms with Crippen LogP contribution in [0.2, 0.25) is 0 Å². The zero-order valence-electron chi connectivity index (χ0n) is 10.6. The monoisotopic (exact) mass is 254 g/mol. The molecule has 17 heavy (non-hydrogen) atoms. The van der Waals surface area contributed by atoms with Crippen LogP contribution < -0.4 is 4.43 Å². The molecule has 94 valence electrons. The average Bonchev–Trinajstić information content (AvgIpc) is 2.37. The van der Waals surface area contributed by atoms with Crippen molar-refractivity contribution in [3.05, 3.63) is 36.4 Å². The van der Waals surface area contributed by atoms with Crippen molar-refractivity contribution in [1.29, 1.82) is 0 Å². The first kappa shape index (κ1) is 13.9. The molecule has 0 bridgehead atoms. The predicted molar refractivity (Wildman–Crippen MR) is 68.6 cm³/mol. The van der Waals surface area contributed by atoms with Gasteiger partial charge in [-0.05, 0) is 24.6 Å². The van der Waals surface area contributed by atoms with Crippen molar-refractivity contribution in [2.24, 2.45) is 0 Å². The number of hydrogen-bond donors (Lipinski definition) is 0. The highest BCUT2D eigenvalue weighted by atomic mass is 28.4. The lowest BCUT2D eigenvalue weighted by Gasteiger charge is -2.23. The van der Waals surface area contributed by atoms with Gasteiger partial charge in [-0.15, -0.1) is 0 Å². The fourth-order valence-electron chi connectivity index (χ4n) is 1.33. The van der Waals surface area contributed by atoms with E-state index in [2.05, 4.69) is 6.58 Å². The van der Waals surface area contributed by atoms with Gasteiger partial charge in [0.05, 0.1) is 0 Å². The van der Waals surface area contributed by atoms with Crippen LogP contribution in [0.3, 0.4) is 0 Å². The van der Waals surface area contributed by atoms with Gasteiger partial charge in [-0.2, -0.15) is 0 Å². The fraction of sp³-hybridized carbons (Fsp3) is 0.333. The zero-order valence-corrected chi connectivity index (χ0v) is 11.6. The molecule has 0 aliphatic rings. The first-order valence-electron chi connectivity index (χ1n) is 5.17. The van der Waals surface area contributed by atoms with E-state index >= 15 is 0 Å². The third kappa shape index (κ3) is 3.40. The lowest BCUT2D eigenvalue weighted by atomic mass is 10.1. The van der Waals surface area contributed by atoms with Gasteiger partial charge in [0, 0.05) is 21.3 Å². The maximum atomic E-state index is 5.63. The van der Waals surface area contributed by atoms with E-state index in [1.54, 1.807) is 0 Å². The molecule has 0 fully saturated rings. The maximum Gasteiger partial charge on any atom is 0.748 e. The zero-order chi connectivity index (χ0) is 12.9. The van der Waals surface area contributed by atoms with Crippen LogP contribution in [-0.2, 0) is 13.3 Å². The molecule has 1 rings (SSSR count). The van der Waals surface area contributed by atoms with Gasteiger partial charge < -0.3 is 17.7 Å². The Morgan fingerprint density at radius 3 is 1.82 bits per heavy atom. The quantitative estimate of drug-likeness (QED) is 0.731. The van der Waals surface area contributed by atoms with Crippen LogP contribution in [0.5, 0.6) is 5.75 Å². The molecule has 0 saturated heterocycles. The minimum Gasteiger partial charge on any atom is -0.480 e. The molecule has 0 unspecified atom stereocenters. The van der Waals surface area contributed by atoms with E-state index in [9.17, 15) is 0 Å². The molecule has 1 aromatic carbocycles. The van der Waals surface area contributed by atoms with Crippen molar-refractivity contribution in [1.82, 2.24) is 0 Å². The van der Waals surface area contributed by atoms with Gasteiger partial charge in [0.25, 0.3) is 0 Å². The summed E-state index contributed by atoms with van der Waals surface area (Å²) in [4.78, 5) is 0. The lowest BCUT2D eigenvalue weighted by Crippen LogP contribution is -2.49. The third-order valence-electron chi connectivity index (χ3n) is 2.34. The van der Waals surface area contributed by atoms with Crippen LogP contribution in [0.15, 0.2) is 30.8 Å². The van der Waals surface area contributed by atoms with E-state index < -0.39 is 9.05 Å². The van der Waals surface area contributed by atoms with E-state index in [1.165, 1.54) is 21.3 Å². The number of rotatable bonds is 6. The Bertz CT molecular complexity index is 362. The third-order valence-corrected chi connectivity index (χ3v) is 4.33. The van der Waals surface area contributed by atoms with Crippen LogP contribution in [0.4, 0.5) is 0 Å². The van der Waals surface area contributed by atoms with Crippen LogP contribution >= 0.6 is 0 Å². The van der Waals surface area contributed by atoms with Crippen LogP contribution in [0.1, 0.15) is 12.5 Å². The normalized spacial score (nSPS) is 11.3. The summed E-state index contributed by atoms with van der Waals surface area (Å²) in [5, 5.41) is 0. The highest BCUT2D eigenvalue weighted by Gasteiger charge is 2.45. The predicted octanol–water partition coefficient (Wildman–Crippen LogP) is 2.47. The molecule has 0 aliphatic carbocycles.